The molecule has 0 N–H and O–H groups in total. The molecule has 0 spiro atoms. The van der Waals surface area contributed by atoms with Crippen LogP contribution in [0.4, 0.5) is 5.69 Å². The number of hydrogen-bond donors (Lipinski definition) is 0. The van der Waals surface area contributed by atoms with Crippen molar-refractivity contribution in [2.24, 2.45) is 0 Å². The molecule has 6 heteroatoms. The average molecular weight is 403 g/mol. The van der Waals surface area contributed by atoms with Crippen LogP contribution < -0.4 is 4.90 Å². The Balaban J connectivity index is 2.01. The van der Waals surface area contributed by atoms with Crippen molar-refractivity contribution in [3.05, 3.63) is 62.5 Å². The highest BCUT2D eigenvalue weighted by Gasteiger charge is 2.34. The van der Waals surface area contributed by atoms with E-state index in [1.54, 1.807) is 28.8 Å². The van der Waals surface area contributed by atoms with E-state index in [0.29, 0.717) is 15.8 Å². The maximum absolute atomic E-state index is 12.3. The lowest BCUT2D eigenvalue weighted by Crippen LogP contribution is -2.27. The van der Waals surface area contributed by atoms with Gasteiger partial charge < -0.3 is 0 Å². The van der Waals surface area contributed by atoms with Crippen LogP contribution in [0.15, 0.2) is 46.9 Å². The van der Waals surface area contributed by atoms with Crippen molar-refractivity contribution in [2.75, 3.05) is 10.7 Å². The van der Waals surface area contributed by atoms with Gasteiger partial charge in [-0.25, -0.2) is 0 Å². The second kappa shape index (κ2) is 6.21. The molecule has 108 valence electrons. The number of nitrogens with zero attached hydrogens (tertiary/aromatic N) is 1. The zero-order chi connectivity index (χ0) is 15.0. The highest BCUT2D eigenvalue weighted by atomic mass is 79.9. The molecule has 1 heterocycles. The topological polar surface area (TPSA) is 20.3 Å². The maximum atomic E-state index is 12.3. The van der Waals surface area contributed by atoms with Gasteiger partial charge >= 0.3 is 0 Å². The summed E-state index contributed by atoms with van der Waals surface area (Å²) in [5, 5.41) is 0.887. The molecule has 0 unspecified atom stereocenters. The van der Waals surface area contributed by atoms with E-state index in [4.69, 9.17) is 23.2 Å². The molecule has 1 aliphatic rings. The van der Waals surface area contributed by atoms with Crippen LogP contribution in [-0.2, 0) is 4.79 Å². The Morgan fingerprint density at radius 2 is 1.95 bits per heavy atom. The van der Waals surface area contributed by atoms with Crippen molar-refractivity contribution in [3.8, 4) is 0 Å². The highest BCUT2D eigenvalue weighted by Crippen LogP contribution is 2.43. The van der Waals surface area contributed by atoms with Crippen LogP contribution in [0, 0.1) is 0 Å². The van der Waals surface area contributed by atoms with Gasteiger partial charge in [-0.05, 0) is 35.9 Å². The molecule has 1 aliphatic heterocycles. The van der Waals surface area contributed by atoms with Crippen molar-refractivity contribution >= 4 is 62.5 Å². The first-order valence-electron chi connectivity index (χ1n) is 6.20. The third kappa shape index (κ3) is 3.09. The van der Waals surface area contributed by atoms with Crippen LogP contribution in [0.5, 0.6) is 0 Å². The van der Waals surface area contributed by atoms with Crippen molar-refractivity contribution in [1.29, 1.82) is 0 Å². The second-order valence-electron chi connectivity index (χ2n) is 4.58. The van der Waals surface area contributed by atoms with E-state index < -0.39 is 0 Å². The number of hydrogen-bond acceptors (Lipinski definition) is 2. The minimum atomic E-state index is -0.0488. The maximum Gasteiger partial charge on any atom is 0.238 e. The fourth-order valence-corrected chi connectivity index (χ4v) is 4.12. The minimum Gasteiger partial charge on any atom is -0.295 e. The first-order chi connectivity index (χ1) is 10.1. The molecule has 1 amide bonds. The van der Waals surface area contributed by atoms with Crippen LogP contribution >= 0.6 is 50.9 Å². The number of carbonyl (C=O) groups excluding carboxylic acids is 1. The Labute approximate surface area is 145 Å². The Hall–Kier alpha value is -0.680. The number of rotatable bonds is 2. The van der Waals surface area contributed by atoms with Gasteiger partial charge in [0.15, 0.2) is 0 Å². The van der Waals surface area contributed by atoms with E-state index in [1.165, 1.54) is 0 Å². The summed E-state index contributed by atoms with van der Waals surface area (Å²) < 4.78 is 0.994. The van der Waals surface area contributed by atoms with Gasteiger partial charge in [0, 0.05) is 10.2 Å². The lowest BCUT2D eigenvalue weighted by Gasteiger charge is -2.24. The molecule has 0 aliphatic carbocycles. The SMILES string of the molecule is O=C1CS[C@@H](c2cccc(Br)c2)N1c1ccc(Cl)c(Cl)c1. The van der Waals surface area contributed by atoms with E-state index in [-0.39, 0.29) is 11.3 Å². The molecule has 2 nitrogen and oxygen atoms in total. The van der Waals surface area contributed by atoms with E-state index in [1.807, 2.05) is 30.3 Å². The van der Waals surface area contributed by atoms with Gasteiger partial charge in [-0.1, -0.05) is 51.3 Å². The molecule has 21 heavy (non-hydrogen) atoms. The zero-order valence-corrected chi connectivity index (χ0v) is 14.6. The zero-order valence-electron chi connectivity index (χ0n) is 10.7. The molecular formula is C15H10BrCl2NOS. The monoisotopic (exact) mass is 401 g/mol. The Morgan fingerprint density at radius 1 is 1.14 bits per heavy atom. The summed E-state index contributed by atoms with van der Waals surface area (Å²) in [6.07, 6.45) is 0. The third-order valence-corrected chi connectivity index (χ3v) is 5.63. The summed E-state index contributed by atoms with van der Waals surface area (Å²) in [6, 6.07) is 13.3. The highest BCUT2D eigenvalue weighted by molar-refractivity contribution is 9.10. The van der Waals surface area contributed by atoms with Gasteiger partial charge in [0.05, 0.1) is 15.8 Å². The van der Waals surface area contributed by atoms with Crippen molar-refractivity contribution in [3.63, 3.8) is 0 Å². The fraction of sp³-hybridized carbons (Fsp3) is 0.133. The number of carbonyl (C=O) groups is 1. The molecule has 1 fully saturated rings. The summed E-state index contributed by atoms with van der Waals surface area (Å²) in [7, 11) is 0. The molecule has 0 radical (unpaired) electrons. The normalized spacial score (nSPS) is 18.3. The van der Waals surface area contributed by atoms with Gasteiger partial charge in [0.1, 0.15) is 5.37 Å². The average Bonchev–Trinajstić information content (AvgIpc) is 2.84. The van der Waals surface area contributed by atoms with Crippen LogP contribution in [0.2, 0.25) is 10.0 Å². The Kier molecular flexibility index (Phi) is 4.50. The predicted molar refractivity (Wildman–Crippen MR) is 93.3 cm³/mol. The molecule has 0 aromatic heterocycles. The summed E-state index contributed by atoms with van der Waals surface area (Å²) in [5.41, 5.74) is 1.84. The largest absolute Gasteiger partial charge is 0.295 e. The number of thioether (sulfide) groups is 1. The summed E-state index contributed by atoms with van der Waals surface area (Å²) >= 11 is 17.1. The predicted octanol–water partition coefficient (Wildman–Crippen LogP) is 5.53. The van der Waals surface area contributed by atoms with Crippen LogP contribution in [0.3, 0.4) is 0 Å². The molecule has 0 bridgehead atoms. The van der Waals surface area contributed by atoms with Crippen LogP contribution in [-0.4, -0.2) is 11.7 Å². The van der Waals surface area contributed by atoms with Crippen molar-refractivity contribution < 1.29 is 4.79 Å². The molecule has 3 rings (SSSR count). The van der Waals surface area contributed by atoms with Gasteiger partial charge in [-0.15, -0.1) is 11.8 Å². The lowest BCUT2D eigenvalue weighted by molar-refractivity contribution is -0.115. The second-order valence-corrected chi connectivity index (χ2v) is 7.38. The minimum absolute atomic E-state index is 0.0488. The molecule has 2 aromatic rings. The smallest absolute Gasteiger partial charge is 0.238 e. The van der Waals surface area contributed by atoms with Gasteiger partial charge in [-0.3, -0.25) is 9.69 Å². The van der Waals surface area contributed by atoms with E-state index in [2.05, 4.69) is 15.9 Å². The summed E-state index contributed by atoms with van der Waals surface area (Å²) in [6.45, 7) is 0. The first-order valence-corrected chi connectivity index (χ1v) is 8.80. The summed E-state index contributed by atoms with van der Waals surface area (Å²) in [5.74, 6) is 0.528. The third-order valence-electron chi connectivity index (χ3n) is 3.18. The van der Waals surface area contributed by atoms with Gasteiger partial charge in [-0.2, -0.15) is 0 Å². The Morgan fingerprint density at radius 3 is 2.67 bits per heavy atom. The van der Waals surface area contributed by atoms with Crippen molar-refractivity contribution in [2.45, 2.75) is 5.37 Å². The molecule has 2 aromatic carbocycles. The van der Waals surface area contributed by atoms with Crippen LogP contribution in [0.25, 0.3) is 0 Å². The molecule has 1 saturated heterocycles. The van der Waals surface area contributed by atoms with E-state index in [0.717, 1.165) is 15.7 Å². The first kappa shape index (κ1) is 15.2. The number of halogens is 3. The van der Waals surface area contributed by atoms with Crippen molar-refractivity contribution in [1.82, 2.24) is 0 Å². The Bertz CT molecular complexity index is 710. The number of benzene rings is 2. The van der Waals surface area contributed by atoms with Gasteiger partial charge in [0.25, 0.3) is 0 Å². The quantitative estimate of drug-likeness (QED) is 0.657. The number of amides is 1. The van der Waals surface area contributed by atoms with Gasteiger partial charge in [0.2, 0.25) is 5.91 Å². The molecule has 0 saturated carbocycles. The van der Waals surface area contributed by atoms with Crippen LogP contribution in [0.1, 0.15) is 10.9 Å². The standard InChI is InChI=1S/C15H10BrCl2NOS/c16-10-3-1-2-9(6-10)15-19(14(20)8-21-15)11-4-5-12(17)13(18)7-11/h1-7,15H,8H2/t15-/m0/s1. The summed E-state index contributed by atoms with van der Waals surface area (Å²) in [4.78, 5) is 14.0. The lowest BCUT2D eigenvalue weighted by atomic mass is 10.2. The van der Waals surface area contributed by atoms with E-state index >= 15 is 0 Å². The van der Waals surface area contributed by atoms with E-state index in [9.17, 15) is 4.79 Å². The number of anilines is 1. The molecular weight excluding hydrogens is 393 g/mol. The molecule has 1 atom stereocenters. The fourth-order valence-electron chi connectivity index (χ4n) is 2.24.